The molecular weight excluding hydrogens is 456 g/mol. The Bertz CT molecular complexity index is 293. The Hall–Kier alpha value is -0.240. The quantitative estimate of drug-likeness (QED) is 0.396. The van der Waals surface area contributed by atoms with Crippen LogP contribution in [-0.4, -0.2) is 101 Å². The number of hydrogen-bond donors (Lipinski definition) is 4. The highest BCUT2D eigenvalue weighted by atomic mass is 15.2. The largest absolute Gasteiger partial charge is 0.317 e. The van der Waals surface area contributed by atoms with Crippen LogP contribution in [0, 0.1) is 11.8 Å². The highest BCUT2D eigenvalue weighted by Gasteiger charge is 2.18. The first-order chi connectivity index (χ1) is 18.3. The van der Waals surface area contributed by atoms with Crippen molar-refractivity contribution in [1.82, 2.24) is 31.1 Å². The Morgan fingerprint density at radius 1 is 0.486 bits per heavy atom. The van der Waals surface area contributed by atoms with E-state index in [2.05, 4.69) is 44.9 Å². The van der Waals surface area contributed by atoms with Crippen molar-refractivity contribution in [2.24, 2.45) is 11.8 Å². The van der Waals surface area contributed by atoms with Gasteiger partial charge >= 0.3 is 0 Å². The van der Waals surface area contributed by atoms with Gasteiger partial charge < -0.3 is 31.1 Å². The highest BCUT2D eigenvalue weighted by molar-refractivity contribution is 4.76. The number of hydrogen-bond acceptors (Lipinski definition) is 6. The molecule has 0 amide bonds. The van der Waals surface area contributed by atoms with Crippen molar-refractivity contribution in [2.75, 3.05) is 91.6 Å². The molecule has 0 aromatic rings. The van der Waals surface area contributed by atoms with E-state index in [1.807, 2.05) is 55.4 Å². The number of nitrogens with zero attached hydrogens (tertiary/aromatic N) is 2. The summed E-state index contributed by atoms with van der Waals surface area (Å²) in [4.78, 5) is 5.22. The molecule has 4 saturated heterocycles. The minimum absolute atomic E-state index is 0.909. The van der Waals surface area contributed by atoms with E-state index in [1.54, 1.807) is 0 Å². The van der Waals surface area contributed by atoms with E-state index in [-0.39, 0.29) is 0 Å². The van der Waals surface area contributed by atoms with Crippen LogP contribution in [0.2, 0.25) is 0 Å². The number of nitrogens with one attached hydrogen (secondary N) is 4. The summed E-state index contributed by atoms with van der Waals surface area (Å²) in [5, 5.41) is 13.7. The summed E-state index contributed by atoms with van der Waals surface area (Å²) >= 11 is 0. The van der Waals surface area contributed by atoms with Crippen molar-refractivity contribution in [3.63, 3.8) is 0 Å². The topological polar surface area (TPSA) is 54.6 Å². The summed E-state index contributed by atoms with van der Waals surface area (Å²) in [7, 11) is 0. The molecule has 0 spiro atoms. The average Bonchev–Trinajstić information content (AvgIpc) is 3.00. The second kappa shape index (κ2) is 35.8. The zero-order valence-corrected chi connectivity index (χ0v) is 27.5. The van der Waals surface area contributed by atoms with Crippen LogP contribution in [0.5, 0.6) is 0 Å². The van der Waals surface area contributed by atoms with Gasteiger partial charge in [0.1, 0.15) is 0 Å². The fraction of sp³-hybridized carbons (Fsp3) is 1.00. The van der Waals surface area contributed by atoms with E-state index in [1.165, 1.54) is 124 Å². The molecule has 0 saturated carbocycles. The molecule has 0 radical (unpaired) electrons. The molecule has 228 valence electrons. The van der Waals surface area contributed by atoms with Crippen LogP contribution in [0.25, 0.3) is 0 Å². The third-order valence-electron chi connectivity index (χ3n) is 6.31. The van der Waals surface area contributed by atoms with Gasteiger partial charge in [0.05, 0.1) is 0 Å². The van der Waals surface area contributed by atoms with Crippen molar-refractivity contribution >= 4 is 0 Å². The average molecular weight is 531 g/mol. The molecule has 0 aromatic heterocycles. The summed E-state index contributed by atoms with van der Waals surface area (Å²) in [6, 6.07) is 0. The highest BCUT2D eigenvalue weighted by Crippen LogP contribution is 2.13. The molecule has 4 aliphatic heterocycles. The third-order valence-corrected chi connectivity index (χ3v) is 6.31. The van der Waals surface area contributed by atoms with E-state index in [9.17, 15) is 0 Å². The molecule has 4 N–H and O–H groups in total. The lowest BCUT2D eigenvalue weighted by Gasteiger charge is -2.32. The molecule has 4 heterocycles. The number of piperazine rings is 2. The third kappa shape index (κ3) is 25.8. The van der Waals surface area contributed by atoms with Crippen LogP contribution in [0.4, 0.5) is 0 Å². The molecule has 6 nitrogen and oxygen atoms in total. The molecule has 37 heavy (non-hydrogen) atoms. The molecule has 0 bridgehead atoms. The van der Waals surface area contributed by atoms with Crippen LogP contribution >= 0.6 is 0 Å². The molecule has 0 aliphatic carbocycles. The van der Waals surface area contributed by atoms with Gasteiger partial charge in [-0.3, -0.25) is 0 Å². The first-order valence-electron chi connectivity index (χ1n) is 16.6. The summed E-state index contributed by atoms with van der Waals surface area (Å²) in [6.07, 6.45) is 6.81. The van der Waals surface area contributed by atoms with Crippen molar-refractivity contribution in [1.29, 1.82) is 0 Å². The SMILES string of the molecule is C1CC(CN2CCNCC2)CCN1.C1CNC[C@@H](CN2CCNCC2)C1.CC.CC.CC.CC.CCC. The van der Waals surface area contributed by atoms with Gasteiger partial charge in [0.25, 0.3) is 0 Å². The van der Waals surface area contributed by atoms with Gasteiger partial charge in [-0.25, -0.2) is 0 Å². The van der Waals surface area contributed by atoms with E-state index in [0.717, 1.165) is 11.8 Å². The monoisotopic (exact) mass is 531 g/mol. The zero-order valence-electron chi connectivity index (χ0n) is 27.5. The summed E-state index contributed by atoms with van der Waals surface area (Å²) < 4.78 is 0. The molecular formula is C31H74N6. The number of piperidine rings is 2. The predicted octanol–water partition coefficient (Wildman–Crippen LogP) is 5.30. The van der Waals surface area contributed by atoms with Gasteiger partial charge in [-0.2, -0.15) is 0 Å². The minimum atomic E-state index is 0.909. The maximum absolute atomic E-state index is 3.48. The van der Waals surface area contributed by atoms with Crippen LogP contribution in [0.3, 0.4) is 0 Å². The Balaban J connectivity index is -0.000000456. The molecule has 0 unspecified atom stereocenters. The molecule has 4 rings (SSSR count). The summed E-state index contributed by atoms with van der Waals surface area (Å²) in [6.45, 7) is 37.6. The van der Waals surface area contributed by atoms with Crippen molar-refractivity contribution < 1.29 is 0 Å². The first-order valence-corrected chi connectivity index (χ1v) is 16.6. The lowest BCUT2D eigenvalue weighted by molar-refractivity contribution is 0.186. The maximum atomic E-state index is 3.48. The van der Waals surface area contributed by atoms with Crippen LogP contribution in [-0.2, 0) is 0 Å². The van der Waals surface area contributed by atoms with Crippen molar-refractivity contribution in [3.05, 3.63) is 0 Å². The predicted molar refractivity (Wildman–Crippen MR) is 171 cm³/mol. The van der Waals surface area contributed by atoms with E-state index in [4.69, 9.17) is 0 Å². The van der Waals surface area contributed by atoms with Crippen molar-refractivity contribution in [3.8, 4) is 0 Å². The fourth-order valence-electron chi connectivity index (χ4n) is 4.66. The second-order valence-electron chi connectivity index (χ2n) is 9.21. The second-order valence-corrected chi connectivity index (χ2v) is 9.21. The first kappa shape index (κ1) is 41.2. The summed E-state index contributed by atoms with van der Waals surface area (Å²) in [5.41, 5.74) is 0. The lowest BCUT2D eigenvalue weighted by Crippen LogP contribution is -2.47. The Morgan fingerprint density at radius 3 is 1.24 bits per heavy atom. The van der Waals surface area contributed by atoms with Gasteiger partial charge in [-0.05, 0) is 63.7 Å². The van der Waals surface area contributed by atoms with Gasteiger partial charge in [0, 0.05) is 65.4 Å². The Morgan fingerprint density at radius 2 is 0.865 bits per heavy atom. The fourth-order valence-corrected chi connectivity index (χ4v) is 4.66. The van der Waals surface area contributed by atoms with Gasteiger partial charge in [0.15, 0.2) is 0 Å². The molecule has 1 atom stereocenters. The molecule has 0 aromatic carbocycles. The Kier molecular flexibility index (Phi) is 39.9. The van der Waals surface area contributed by atoms with E-state index in [0.29, 0.717) is 0 Å². The standard InChI is InChI=1S/2C10H21N3.C3H8.4C2H6/c1-3-11-4-2-10(1)9-13-7-5-12-6-8-13;1-2-10(8-12-3-1)9-13-6-4-11-5-7-13;1-3-2;4*1-2/h2*10-12H,1-9H2;3H2,1-2H3;4*1-2H3/t;10-;;;;;/m.0...../s1. The van der Waals surface area contributed by atoms with E-state index >= 15 is 0 Å². The molecule has 4 fully saturated rings. The van der Waals surface area contributed by atoms with Crippen molar-refractivity contribution in [2.45, 2.75) is 101 Å². The zero-order chi connectivity index (χ0) is 28.6. The minimum Gasteiger partial charge on any atom is -0.317 e. The smallest absolute Gasteiger partial charge is 0.0107 e. The van der Waals surface area contributed by atoms with E-state index < -0.39 is 0 Å². The summed E-state index contributed by atoms with van der Waals surface area (Å²) in [5.74, 6) is 1.87. The Labute approximate surface area is 235 Å². The van der Waals surface area contributed by atoms with Gasteiger partial charge in [-0.15, -0.1) is 0 Å². The molecule has 4 aliphatic rings. The van der Waals surface area contributed by atoms with Crippen LogP contribution in [0.1, 0.15) is 101 Å². The van der Waals surface area contributed by atoms with Crippen LogP contribution in [0.15, 0.2) is 0 Å². The molecule has 6 heteroatoms. The maximum Gasteiger partial charge on any atom is 0.0107 e. The lowest BCUT2D eigenvalue weighted by atomic mass is 9.97. The van der Waals surface area contributed by atoms with Gasteiger partial charge in [0.2, 0.25) is 0 Å². The van der Waals surface area contributed by atoms with Crippen LogP contribution < -0.4 is 21.3 Å². The van der Waals surface area contributed by atoms with Gasteiger partial charge in [-0.1, -0.05) is 75.7 Å². The normalized spacial score (nSPS) is 22.1. The number of rotatable bonds is 4.